The zero-order valence-corrected chi connectivity index (χ0v) is 17.5. The van der Waals surface area contributed by atoms with Gasteiger partial charge in [0.05, 0.1) is 0 Å². The lowest BCUT2D eigenvalue weighted by atomic mass is 10.1. The number of carbonyl (C=O) groups excluding carboxylic acids is 3. The van der Waals surface area contributed by atoms with Crippen molar-refractivity contribution in [2.45, 2.75) is 50.8 Å². The molecular weight excluding hydrogens is 422 g/mol. The molecule has 0 aliphatic carbocycles. The van der Waals surface area contributed by atoms with Gasteiger partial charge in [0, 0.05) is 18.9 Å². The van der Waals surface area contributed by atoms with E-state index in [4.69, 9.17) is 9.84 Å². The van der Waals surface area contributed by atoms with E-state index >= 15 is 0 Å². The van der Waals surface area contributed by atoms with Crippen molar-refractivity contribution in [1.29, 1.82) is 0 Å². The molecule has 1 aromatic carbocycles. The summed E-state index contributed by atoms with van der Waals surface area (Å²) in [4.78, 5) is 60.6. The molecule has 1 aliphatic rings. The number of imide groups is 1. The van der Waals surface area contributed by atoms with E-state index < -0.39 is 55.3 Å². The Bertz CT molecular complexity index is 824. The van der Waals surface area contributed by atoms with Gasteiger partial charge in [0.15, 0.2) is 0 Å². The molecule has 32 heavy (non-hydrogen) atoms. The van der Waals surface area contributed by atoms with Crippen LogP contribution in [0.5, 0.6) is 0 Å². The summed E-state index contributed by atoms with van der Waals surface area (Å²) in [5.74, 6) is -4.45. The molecule has 0 spiro atoms. The van der Waals surface area contributed by atoms with Gasteiger partial charge in [-0.15, -0.1) is 0 Å². The average Bonchev–Trinajstić information content (AvgIpc) is 3.26. The average molecular weight is 449 g/mol. The van der Waals surface area contributed by atoms with Crippen molar-refractivity contribution in [3.63, 3.8) is 0 Å². The van der Waals surface area contributed by atoms with Gasteiger partial charge < -0.3 is 25.6 Å². The summed E-state index contributed by atoms with van der Waals surface area (Å²) in [6, 6.07) is 6.98. The number of carboxylic acid groups (broad SMARTS) is 2. The minimum absolute atomic E-state index is 0.0345. The number of nitrogens with one attached hydrogen (secondary N) is 2. The van der Waals surface area contributed by atoms with Crippen molar-refractivity contribution in [3.8, 4) is 0 Å². The van der Waals surface area contributed by atoms with Crippen LogP contribution in [0.4, 0.5) is 4.79 Å². The van der Waals surface area contributed by atoms with Crippen molar-refractivity contribution in [2.75, 3.05) is 13.1 Å². The van der Waals surface area contributed by atoms with Gasteiger partial charge in [0.1, 0.15) is 19.2 Å². The van der Waals surface area contributed by atoms with Gasteiger partial charge >= 0.3 is 18.0 Å². The molecule has 4 N–H and O–H groups in total. The van der Waals surface area contributed by atoms with E-state index in [2.05, 4.69) is 10.6 Å². The monoisotopic (exact) mass is 449 g/mol. The summed E-state index contributed by atoms with van der Waals surface area (Å²) < 4.78 is 5.00. The fourth-order valence-electron chi connectivity index (χ4n) is 3.36. The van der Waals surface area contributed by atoms with Gasteiger partial charge in [-0.2, -0.15) is 0 Å². The highest BCUT2D eigenvalue weighted by Crippen LogP contribution is 2.15. The Morgan fingerprint density at radius 1 is 1.12 bits per heavy atom. The number of nitrogens with zero attached hydrogens (tertiary/aromatic N) is 1. The number of alkyl carbamates (subject to hydrolysis) is 1. The maximum atomic E-state index is 12.8. The molecule has 11 nitrogen and oxygen atoms in total. The summed E-state index contributed by atoms with van der Waals surface area (Å²) in [7, 11) is 0. The molecule has 1 unspecified atom stereocenters. The molecule has 0 radical (unpaired) electrons. The number of aliphatic carboxylic acids is 2. The molecule has 1 saturated heterocycles. The number of carbonyl (C=O) groups is 5. The number of amides is 3. The molecule has 0 bridgehead atoms. The highest BCUT2D eigenvalue weighted by molar-refractivity contribution is 6.01. The Labute approximate surface area is 184 Å². The molecule has 2 rings (SSSR count). The van der Waals surface area contributed by atoms with E-state index in [0.717, 1.165) is 12.0 Å². The molecule has 3 amide bonds. The third kappa shape index (κ3) is 7.99. The maximum absolute atomic E-state index is 12.8. The third-order valence-corrected chi connectivity index (χ3v) is 4.95. The number of benzene rings is 1. The van der Waals surface area contributed by atoms with Crippen molar-refractivity contribution in [1.82, 2.24) is 15.5 Å². The summed E-state index contributed by atoms with van der Waals surface area (Å²) >= 11 is 0. The lowest BCUT2D eigenvalue weighted by Crippen LogP contribution is -2.53. The third-order valence-electron chi connectivity index (χ3n) is 4.95. The Hall–Kier alpha value is -3.47. The fourth-order valence-corrected chi connectivity index (χ4v) is 3.36. The predicted octanol–water partition coefficient (Wildman–Crippen LogP) is 0.728. The van der Waals surface area contributed by atoms with Crippen molar-refractivity contribution >= 4 is 29.8 Å². The fraction of sp³-hybridized carbons (Fsp3) is 0.476. The first-order chi connectivity index (χ1) is 15.3. The zero-order valence-electron chi connectivity index (χ0n) is 17.5. The van der Waals surface area contributed by atoms with Gasteiger partial charge in [-0.1, -0.05) is 30.3 Å². The second-order valence-corrected chi connectivity index (χ2v) is 7.36. The summed E-state index contributed by atoms with van der Waals surface area (Å²) in [6.45, 7) is 0.00358. The minimum atomic E-state index is -1.66. The molecule has 1 aliphatic heterocycles. The second-order valence-electron chi connectivity index (χ2n) is 7.36. The van der Waals surface area contributed by atoms with Crippen LogP contribution in [-0.2, 0) is 30.5 Å². The van der Waals surface area contributed by atoms with Crippen molar-refractivity contribution in [3.05, 3.63) is 35.9 Å². The van der Waals surface area contributed by atoms with Crippen LogP contribution in [0.1, 0.15) is 37.7 Å². The highest BCUT2D eigenvalue weighted by Gasteiger charge is 2.36. The SMILES string of the molecule is O=C(O)CC[C@@H](C(=O)O)N(C(=O)CNC(=O)OCc1ccccc1)C(=O)CC1CCCN1. The Balaban J connectivity index is 2.02. The van der Waals surface area contributed by atoms with Crippen molar-refractivity contribution < 1.29 is 38.9 Å². The Morgan fingerprint density at radius 2 is 1.84 bits per heavy atom. The first kappa shape index (κ1) is 24.8. The van der Waals surface area contributed by atoms with Gasteiger partial charge in [-0.3, -0.25) is 19.3 Å². The quantitative estimate of drug-likeness (QED) is 0.381. The topological polar surface area (TPSA) is 162 Å². The summed E-state index contributed by atoms with van der Waals surface area (Å²) in [5, 5.41) is 23.7. The molecule has 0 aromatic heterocycles. The van der Waals surface area contributed by atoms with Gasteiger partial charge in [0.25, 0.3) is 0 Å². The number of ether oxygens (including phenoxy) is 1. The van der Waals surface area contributed by atoms with Gasteiger partial charge in [-0.25, -0.2) is 9.59 Å². The predicted molar refractivity (Wildman–Crippen MR) is 110 cm³/mol. The van der Waals surface area contributed by atoms with Crippen molar-refractivity contribution in [2.24, 2.45) is 0 Å². The van der Waals surface area contributed by atoms with E-state index in [1.165, 1.54) is 0 Å². The standard InChI is InChI=1S/C21H27N3O8/c25-17(11-15-7-4-10-22-15)24(16(20(29)30)8-9-19(27)28)18(26)12-23-21(31)32-13-14-5-2-1-3-6-14/h1-3,5-6,15-16,22H,4,7-13H2,(H,23,31)(H,27,28)(H,29,30)/t15?,16-/m0/s1. The number of hydrogen-bond donors (Lipinski definition) is 4. The van der Waals surface area contributed by atoms with Gasteiger partial charge in [-0.05, 0) is 31.4 Å². The largest absolute Gasteiger partial charge is 0.481 e. The van der Waals surface area contributed by atoms with Crippen LogP contribution in [0.25, 0.3) is 0 Å². The smallest absolute Gasteiger partial charge is 0.407 e. The highest BCUT2D eigenvalue weighted by atomic mass is 16.5. The maximum Gasteiger partial charge on any atom is 0.407 e. The van der Waals surface area contributed by atoms with Crippen LogP contribution < -0.4 is 10.6 Å². The van der Waals surface area contributed by atoms with Gasteiger partial charge in [0.2, 0.25) is 11.8 Å². The number of carboxylic acids is 2. The molecular formula is C21H27N3O8. The van der Waals surface area contributed by atoms with E-state index in [0.29, 0.717) is 17.9 Å². The van der Waals surface area contributed by atoms with Crippen LogP contribution in [0.2, 0.25) is 0 Å². The van der Waals surface area contributed by atoms with E-state index in [9.17, 15) is 29.1 Å². The van der Waals surface area contributed by atoms with Crippen LogP contribution in [0.15, 0.2) is 30.3 Å². The van der Waals surface area contributed by atoms with E-state index in [-0.39, 0.29) is 19.1 Å². The van der Waals surface area contributed by atoms with E-state index in [1.54, 1.807) is 30.3 Å². The molecule has 1 aromatic rings. The minimum Gasteiger partial charge on any atom is -0.481 e. The number of hydrogen-bond acceptors (Lipinski definition) is 7. The first-order valence-corrected chi connectivity index (χ1v) is 10.3. The zero-order chi connectivity index (χ0) is 23.5. The molecule has 11 heteroatoms. The van der Waals surface area contributed by atoms with Crippen LogP contribution >= 0.6 is 0 Å². The second kappa shape index (κ2) is 12.4. The molecule has 0 saturated carbocycles. The lowest BCUT2D eigenvalue weighted by molar-refractivity contribution is -0.159. The number of rotatable bonds is 11. The molecule has 1 fully saturated rings. The summed E-state index contributed by atoms with van der Waals surface area (Å²) in [5.41, 5.74) is 0.731. The molecule has 174 valence electrons. The lowest BCUT2D eigenvalue weighted by Gasteiger charge is -2.28. The first-order valence-electron chi connectivity index (χ1n) is 10.3. The molecule has 2 atom stereocenters. The molecule has 1 heterocycles. The Morgan fingerprint density at radius 3 is 2.44 bits per heavy atom. The van der Waals surface area contributed by atoms with Crippen LogP contribution in [-0.4, -0.2) is 70.1 Å². The summed E-state index contributed by atoms with van der Waals surface area (Å²) in [6.07, 6.45) is -0.459. The van der Waals surface area contributed by atoms with Crippen LogP contribution in [0.3, 0.4) is 0 Å². The normalized spacial score (nSPS) is 16.1. The van der Waals surface area contributed by atoms with E-state index in [1.807, 2.05) is 0 Å². The van der Waals surface area contributed by atoms with Crippen LogP contribution in [0, 0.1) is 0 Å². The Kier molecular flexibility index (Phi) is 9.61.